The second-order valence-corrected chi connectivity index (χ2v) is 24.9. The van der Waals surface area contributed by atoms with Crippen LogP contribution in [0.25, 0.3) is 0 Å². The molecule has 1 aromatic rings. The van der Waals surface area contributed by atoms with Crippen LogP contribution < -0.4 is 4.74 Å². The molecule has 1 saturated carbocycles. The molecule has 2 bridgehead atoms. The van der Waals surface area contributed by atoms with Gasteiger partial charge in [0.2, 0.25) is 0 Å². The van der Waals surface area contributed by atoms with Crippen LogP contribution in [-0.2, 0) is 20.1 Å². The van der Waals surface area contributed by atoms with Crippen molar-refractivity contribution >= 4 is 22.4 Å². The van der Waals surface area contributed by atoms with E-state index in [2.05, 4.69) is 79.9 Å². The molecule has 9 heteroatoms. The van der Waals surface area contributed by atoms with E-state index >= 15 is 0 Å². The molecule has 1 saturated heterocycles. The molecular formula is C30H47F3O4Si2. The second-order valence-electron chi connectivity index (χ2n) is 14.4. The standard InChI is InChI=1S/C30H47F3O4Si2/c1-28(2,3)38(7,8)22(19-35-21-13-11-12-20(16-21)30(31,32)33)14-15-23-24-17-27(34)36-25(23)18-26(24)37-39(9,10)29(4,5)6/h11-16,22-26H,17-19H2,1-10H3/b15-14+/t22-,23?,24?,25?,26?/m1/s1. The summed E-state index contributed by atoms with van der Waals surface area (Å²) in [5.41, 5.74) is -0.670. The van der Waals surface area contributed by atoms with Crippen LogP contribution in [0.4, 0.5) is 13.2 Å². The van der Waals surface area contributed by atoms with Crippen molar-refractivity contribution in [2.45, 2.75) is 115 Å². The zero-order valence-electron chi connectivity index (χ0n) is 25.2. The Morgan fingerprint density at radius 1 is 1.05 bits per heavy atom. The number of hydrogen-bond donors (Lipinski definition) is 0. The fraction of sp³-hybridized carbons (Fsp3) is 0.700. The molecule has 39 heavy (non-hydrogen) atoms. The zero-order chi connectivity index (χ0) is 29.6. The number of alkyl halides is 3. The molecule has 0 radical (unpaired) electrons. The lowest BCUT2D eigenvalue weighted by Gasteiger charge is -2.42. The van der Waals surface area contributed by atoms with Crippen molar-refractivity contribution in [3.05, 3.63) is 42.0 Å². The summed E-state index contributed by atoms with van der Waals surface area (Å²) in [6, 6.07) is 5.08. The number of carbonyl (C=O) groups excluding carboxylic acids is 1. The minimum atomic E-state index is -4.42. The van der Waals surface area contributed by atoms with Crippen molar-refractivity contribution in [1.29, 1.82) is 0 Å². The molecular weight excluding hydrogens is 537 g/mol. The van der Waals surface area contributed by atoms with E-state index < -0.39 is 28.1 Å². The number of carbonyl (C=O) groups is 1. The Labute approximate surface area is 234 Å². The fourth-order valence-electron chi connectivity index (χ4n) is 5.12. The summed E-state index contributed by atoms with van der Waals surface area (Å²) >= 11 is 0. The molecule has 0 spiro atoms. The number of benzene rings is 1. The van der Waals surface area contributed by atoms with Gasteiger partial charge in [0.25, 0.3) is 0 Å². The van der Waals surface area contributed by atoms with Crippen molar-refractivity contribution in [3.8, 4) is 5.75 Å². The van der Waals surface area contributed by atoms with Gasteiger partial charge in [0.05, 0.1) is 32.8 Å². The third-order valence-electron chi connectivity index (χ3n) is 9.82. The van der Waals surface area contributed by atoms with Gasteiger partial charge >= 0.3 is 12.1 Å². The highest BCUT2D eigenvalue weighted by Gasteiger charge is 2.52. The summed E-state index contributed by atoms with van der Waals surface area (Å²) in [6.07, 6.45) is 0.774. The van der Waals surface area contributed by atoms with Gasteiger partial charge in [-0.2, -0.15) is 13.2 Å². The lowest BCUT2D eigenvalue weighted by atomic mass is 9.88. The van der Waals surface area contributed by atoms with E-state index in [0.29, 0.717) is 19.4 Å². The zero-order valence-corrected chi connectivity index (χ0v) is 27.2. The van der Waals surface area contributed by atoms with E-state index in [-0.39, 0.29) is 51.4 Å². The molecule has 4 nitrogen and oxygen atoms in total. The van der Waals surface area contributed by atoms with Crippen LogP contribution in [0.15, 0.2) is 36.4 Å². The van der Waals surface area contributed by atoms with Gasteiger partial charge in [-0.05, 0) is 41.4 Å². The highest BCUT2D eigenvalue weighted by atomic mass is 28.4. The minimum absolute atomic E-state index is 0.0235. The van der Waals surface area contributed by atoms with Gasteiger partial charge in [-0.1, -0.05) is 72.9 Å². The monoisotopic (exact) mass is 584 g/mol. The fourth-order valence-corrected chi connectivity index (χ4v) is 8.70. The summed E-state index contributed by atoms with van der Waals surface area (Å²) in [6.45, 7) is 22.7. The Balaban J connectivity index is 1.85. The summed E-state index contributed by atoms with van der Waals surface area (Å²) in [7, 11) is -4.04. The molecule has 0 amide bonds. The molecule has 5 atom stereocenters. The average molecular weight is 585 g/mol. The topological polar surface area (TPSA) is 44.8 Å². The van der Waals surface area contributed by atoms with Crippen molar-refractivity contribution < 1.29 is 31.9 Å². The lowest BCUT2D eigenvalue weighted by Crippen LogP contribution is -2.45. The van der Waals surface area contributed by atoms with Gasteiger partial charge in [0, 0.05) is 23.8 Å². The molecule has 1 aromatic carbocycles. The van der Waals surface area contributed by atoms with Crippen LogP contribution in [0.5, 0.6) is 5.75 Å². The van der Waals surface area contributed by atoms with E-state index in [4.69, 9.17) is 13.9 Å². The van der Waals surface area contributed by atoms with Crippen LogP contribution in [0.2, 0.25) is 41.8 Å². The number of fused-ring (bicyclic) bond motifs is 2. The van der Waals surface area contributed by atoms with Gasteiger partial charge in [0.1, 0.15) is 11.9 Å². The van der Waals surface area contributed by atoms with Gasteiger partial charge in [-0.25, -0.2) is 0 Å². The second kappa shape index (κ2) is 11.0. The Kier molecular flexibility index (Phi) is 9.01. The largest absolute Gasteiger partial charge is 0.493 e. The van der Waals surface area contributed by atoms with E-state index in [1.807, 2.05) is 0 Å². The Bertz CT molecular complexity index is 1050. The highest BCUT2D eigenvalue weighted by Crippen LogP contribution is 2.49. The summed E-state index contributed by atoms with van der Waals surface area (Å²) < 4.78 is 58.3. The third-order valence-corrected chi connectivity index (χ3v) is 20.4. The number of esters is 1. The quantitative estimate of drug-likeness (QED) is 0.174. The maximum Gasteiger partial charge on any atom is 0.416 e. The summed E-state index contributed by atoms with van der Waals surface area (Å²) in [5, 5.41) is 0.0965. The first-order chi connectivity index (χ1) is 17.6. The molecule has 2 aliphatic rings. The number of rotatable bonds is 8. The molecule has 1 aliphatic heterocycles. The van der Waals surface area contributed by atoms with E-state index in [1.54, 1.807) is 6.07 Å². The van der Waals surface area contributed by atoms with Gasteiger partial charge in [-0.3, -0.25) is 4.79 Å². The molecule has 0 aromatic heterocycles. The maximum absolute atomic E-state index is 13.2. The lowest BCUT2D eigenvalue weighted by molar-refractivity contribution is -0.156. The van der Waals surface area contributed by atoms with Gasteiger partial charge in [-0.15, -0.1) is 0 Å². The van der Waals surface area contributed by atoms with Gasteiger partial charge in [0.15, 0.2) is 8.32 Å². The summed E-state index contributed by atoms with van der Waals surface area (Å²) in [5.74, 6) is 0.172. The third kappa shape index (κ3) is 7.20. The molecule has 2 fully saturated rings. The van der Waals surface area contributed by atoms with Crippen LogP contribution in [0, 0.1) is 11.8 Å². The Morgan fingerprint density at radius 2 is 1.69 bits per heavy atom. The minimum Gasteiger partial charge on any atom is -0.493 e. The highest BCUT2D eigenvalue weighted by molar-refractivity contribution is 6.82. The SMILES string of the molecule is CC(C)(C)[Si](C)(C)OC1CC2OC(=O)CC1C2/C=C/[C@H](COc1cccc(C(F)(F)F)c1)[Si](C)(C)C(C)(C)C. The van der Waals surface area contributed by atoms with Crippen LogP contribution >= 0.6 is 0 Å². The molecule has 1 aliphatic carbocycles. The van der Waals surface area contributed by atoms with Gasteiger partial charge < -0.3 is 13.9 Å². The molecule has 220 valence electrons. The Hall–Kier alpha value is -1.59. The summed E-state index contributed by atoms with van der Waals surface area (Å²) in [4.78, 5) is 12.4. The normalized spacial score (nSPS) is 25.6. The number of hydrogen-bond acceptors (Lipinski definition) is 4. The van der Waals surface area contributed by atoms with Crippen molar-refractivity contribution in [2.75, 3.05) is 6.61 Å². The Morgan fingerprint density at radius 3 is 2.26 bits per heavy atom. The maximum atomic E-state index is 13.2. The van der Waals surface area contributed by atoms with E-state index in [1.165, 1.54) is 6.07 Å². The first-order valence-electron chi connectivity index (χ1n) is 14.0. The first kappa shape index (κ1) is 31.9. The predicted molar refractivity (Wildman–Crippen MR) is 155 cm³/mol. The van der Waals surface area contributed by atoms with E-state index in [9.17, 15) is 18.0 Å². The molecule has 1 heterocycles. The molecule has 4 unspecified atom stereocenters. The molecule has 0 N–H and O–H groups in total. The predicted octanol–water partition coefficient (Wildman–Crippen LogP) is 8.86. The van der Waals surface area contributed by atoms with Crippen molar-refractivity contribution in [1.82, 2.24) is 0 Å². The smallest absolute Gasteiger partial charge is 0.416 e. The average Bonchev–Trinajstić information content (AvgIpc) is 2.96. The van der Waals surface area contributed by atoms with Crippen molar-refractivity contribution in [2.24, 2.45) is 11.8 Å². The van der Waals surface area contributed by atoms with Crippen LogP contribution in [0.3, 0.4) is 0 Å². The number of ether oxygens (including phenoxy) is 2. The first-order valence-corrected chi connectivity index (χ1v) is 20.0. The van der Waals surface area contributed by atoms with Crippen LogP contribution in [0.1, 0.15) is 59.9 Å². The van der Waals surface area contributed by atoms with E-state index in [0.717, 1.165) is 12.1 Å². The molecule has 3 rings (SSSR count). The van der Waals surface area contributed by atoms with Crippen LogP contribution in [-0.4, -0.2) is 41.2 Å². The number of halogens is 3. The van der Waals surface area contributed by atoms with Crippen molar-refractivity contribution in [3.63, 3.8) is 0 Å².